The number of hydrogen-bond donors (Lipinski definition) is 1. The maximum atomic E-state index is 12.8. The third kappa shape index (κ3) is 1.27. The van der Waals surface area contributed by atoms with E-state index in [0.717, 1.165) is 10.6 Å². The molecule has 0 bridgehead atoms. The number of aliphatic hydroxyl groups excluding tert-OH is 1. The molecule has 0 amide bonds. The molecule has 0 saturated carbocycles. The van der Waals surface area contributed by atoms with Gasteiger partial charge in [0.25, 0.3) is 5.56 Å². The van der Waals surface area contributed by atoms with E-state index >= 15 is 0 Å². The number of hydrogen-bond acceptors (Lipinski definition) is 3. The fourth-order valence-corrected chi connectivity index (χ4v) is 1.20. The van der Waals surface area contributed by atoms with Crippen molar-refractivity contribution in [2.45, 2.75) is 6.61 Å². The molecule has 5 heteroatoms. The zero-order valence-electron chi connectivity index (χ0n) is 7.14. The largest absolute Gasteiger partial charge is 0.391 e. The topological polar surface area (TPSA) is 54.6 Å². The van der Waals surface area contributed by atoms with Gasteiger partial charge in [-0.3, -0.25) is 9.20 Å². The Morgan fingerprint density at radius 2 is 2.29 bits per heavy atom. The van der Waals surface area contributed by atoms with Gasteiger partial charge in [-0.25, -0.2) is 9.37 Å². The van der Waals surface area contributed by atoms with Crippen LogP contribution in [-0.4, -0.2) is 14.5 Å². The molecule has 2 aromatic rings. The Hall–Kier alpha value is -1.75. The van der Waals surface area contributed by atoms with E-state index in [1.54, 1.807) is 0 Å². The van der Waals surface area contributed by atoms with Crippen LogP contribution in [0.5, 0.6) is 0 Å². The lowest BCUT2D eigenvalue weighted by Crippen LogP contribution is -2.19. The molecule has 0 fully saturated rings. The van der Waals surface area contributed by atoms with Crippen LogP contribution in [0.1, 0.15) is 5.56 Å². The van der Waals surface area contributed by atoms with Crippen LogP contribution >= 0.6 is 0 Å². The van der Waals surface area contributed by atoms with E-state index in [2.05, 4.69) is 4.98 Å². The van der Waals surface area contributed by atoms with Crippen LogP contribution in [0.4, 0.5) is 4.39 Å². The van der Waals surface area contributed by atoms with Crippen LogP contribution in [0.15, 0.2) is 29.3 Å². The molecule has 72 valence electrons. The average Bonchev–Trinajstić information content (AvgIpc) is 2.20. The maximum Gasteiger partial charge on any atom is 0.263 e. The Morgan fingerprint density at radius 1 is 1.50 bits per heavy atom. The Kier molecular flexibility index (Phi) is 2.01. The van der Waals surface area contributed by atoms with E-state index in [0.29, 0.717) is 5.65 Å². The number of halogens is 1. The standard InChI is InChI=1S/C9H7FN2O2/c10-7-1-2-8-11-3-6(5-13)9(14)12(8)4-7/h1-4,13H,5H2. The van der Waals surface area contributed by atoms with E-state index in [9.17, 15) is 9.18 Å². The highest BCUT2D eigenvalue weighted by atomic mass is 19.1. The van der Waals surface area contributed by atoms with E-state index in [1.807, 2.05) is 0 Å². The molecule has 0 saturated heterocycles. The molecule has 2 rings (SSSR count). The molecule has 4 nitrogen and oxygen atoms in total. The summed E-state index contributed by atoms with van der Waals surface area (Å²) in [5.74, 6) is -0.517. The summed E-state index contributed by atoms with van der Waals surface area (Å²) < 4.78 is 13.9. The molecule has 0 spiro atoms. The Bertz CT molecular complexity index is 536. The van der Waals surface area contributed by atoms with Gasteiger partial charge in [0, 0.05) is 12.4 Å². The van der Waals surface area contributed by atoms with Gasteiger partial charge in [-0.2, -0.15) is 0 Å². The first-order valence-corrected chi connectivity index (χ1v) is 3.99. The van der Waals surface area contributed by atoms with Crippen LogP contribution < -0.4 is 5.56 Å². The molecule has 0 atom stereocenters. The molecule has 1 N–H and O–H groups in total. The Labute approximate surface area is 78.3 Å². The van der Waals surface area contributed by atoms with E-state index in [1.165, 1.54) is 18.3 Å². The normalized spacial score (nSPS) is 10.7. The molecule has 0 aromatic carbocycles. The lowest BCUT2D eigenvalue weighted by molar-refractivity contribution is 0.279. The van der Waals surface area contributed by atoms with Crippen LogP contribution in [0.2, 0.25) is 0 Å². The van der Waals surface area contributed by atoms with Gasteiger partial charge < -0.3 is 5.11 Å². The minimum Gasteiger partial charge on any atom is -0.391 e. The van der Waals surface area contributed by atoms with Gasteiger partial charge in [-0.1, -0.05) is 0 Å². The first-order valence-electron chi connectivity index (χ1n) is 3.99. The molecule has 0 aliphatic carbocycles. The van der Waals surface area contributed by atoms with Crippen molar-refractivity contribution in [2.24, 2.45) is 0 Å². The van der Waals surface area contributed by atoms with Crippen LogP contribution in [0.3, 0.4) is 0 Å². The zero-order valence-corrected chi connectivity index (χ0v) is 7.14. The van der Waals surface area contributed by atoms with Gasteiger partial charge in [0.2, 0.25) is 0 Å². The highest BCUT2D eigenvalue weighted by molar-refractivity contribution is 5.37. The zero-order chi connectivity index (χ0) is 10.1. The summed E-state index contributed by atoms with van der Waals surface area (Å²) in [4.78, 5) is 15.4. The van der Waals surface area contributed by atoms with Gasteiger partial charge in [0.05, 0.1) is 12.2 Å². The molecule has 0 aliphatic heterocycles. The highest BCUT2D eigenvalue weighted by Gasteiger charge is 2.03. The summed E-state index contributed by atoms with van der Waals surface area (Å²) in [7, 11) is 0. The molecule has 0 aliphatic rings. The van der Waals surface area contributed by atoms with Gasteiger partial charge in [0.1, 0.15) is 11.5 Å². The lowest BCUT2D eigenvalue weighted by atomic mass is 10.3. The third-order valence-electron chi connectivity index (χ3n) is 1.91. The molecular formula is C9H7FN2O2. The molecule has 0 radical (unpaired) electrons. The first kappa shape index (κ1) is 8.83. The van der Waals surface area contributed by atoms with Gasteiger partial charge in [-0.15, -0.1) is 0 Å². The average molecular weight is 194 g/mol. The van der Waals surface area contributed by atoms with Crippen LogP contribution in [0, 0.1) is 5.82 Å². The second-order valence-electron chi connectivity index (χ2n) is 2.82. The van der Waals surface area contributed by atoms with E-state index in [-0.39, 0.29) is 5.56 Å². The van der Waals surface area contributed by atoms with Gasteiger partial charge in [-0.05, 0) is 12.1 Å². The maximum absolute atomic E-state index is 12.8. The van der Waals surface area contributed by atoms with Crippen molar-refractivity contribution < 1.29 is 9.50 Å². The quantitative estimate of drug-likeness (QED) is 0.711. The minimum absolute atomic E-state index is 0.146. The number of rotatable bonds is 1. The summed E-state index contributed by atoms with van der Waals surface area (Å²) in [5.41, 5.74) is 0.0544. The molecule has 2 aromatic heterocycles. The second kappa shape index (κ2) is 3.19. The summed E-state index contributed by atoms with van der Waals surface area (Å²) in [6.07, 6.45) is 2.33. The smallest absolute Gasteiger partial charge is 0.263 e. The van der Waals surface area contributed by atoms with Crippen molar-refractivity contribution in [2.75, 3.05) is 0 Å². The number of fused-ring (bicyclic) bond motifs is 1. The van der Waals surface area contributed by atoms with Crippen LogP contribution in [0.25, 0.3) is 5.65 Å². The highest BCUT2D eigenvalue weighted by Crippen LogP contribution is 2.00. The first-order chi connectivity index (χ1) is 6.72. The van der Waals surface area contributed by atoms with Crippen molar-refractivity contribution in [3.05, 3.63) is 46.3 Å². The number of aliphatic hydroxyl groups is 1. The van der Waals surface area contributed by atoms with Crippen LogP contribution in [-0.2, 0) is 6.61 Å². The predicted molar refractivity (Wildman–Crippen MR) is 47.3 cm³/mol. The predicted octanol–water partition coefficient (Wildman–Crippen LogP) is 0.326. The monoisotopic (exact) mass is 194 g/mol. The number of pyridine rings is 1. The van der Waals surface area contributed by atoms with Crippen molar-refractivity contribution in [3.8, 4) is 0 Å². The Balaban J connectivity index is 2.87. The van der Waals surface area contributed by atoms with Gasteiger partial charge in [0.15, 0.2) is 0 Å². The van der Waals surface area contributed by atoms with E-state index < -0.39 is 18.0 Å². The van der Waals surface area contributed by atoms with E-state index in [4.69, 9.17) is 5.11 Å². The molecular weight excluding hydrogens is 187 g/mol. The SMILES string of the molecule is O=c1c(CO)cnc2ccc(F)cn12. The Morgan fingerprint density at radius 3 is 3.00 bits per heavy atom. The lowest BCUT2D eigenvalue weighted by Gasteiger charge is -2.01. The minimum atomic E-state index is -0.517. The number of nitrogens with zero attached hydrogens (tertiary/aromatic N) is 2. The van der Waals surface area contributed by atoms with Crippen molar-refractivity contribution in [3.63, 3.8) is 0 Å². The fourth-order valence-electron chi connectivity index (χ4n) is 1.20. The molecule has 0 unspecified atom stereocenters. The fraction of sp³-hybridized carbons (Fsp3) is 0.111. The van der Waals surface area contributed by atoms with Crippen molar-refractivity contribution in [1.82, 2.24) is 9.38 Å². The number of aromatic nitrogens is 2. The van der Waals surface area contributed by atoms with Crippen molar-refractivity contribution >= 4 is 5.65 Å². The summed E-state index contributed by atoms with van der Waals surface area (Å²) in [6, 6.07) is 2.62. The molecule has 14 heavy (non-hydrogen) atoms. The summed E-state index contributed by atoms with van der Waals surface area (Å²) in [5, 5.41) is 8.80. The summed E-state index contributed by atoms with van der Waals surface area (Å²) in [6.45, 7) is -0.398. The van der Waals surface area contributed by atoms with Gasteiger partial charge >= 0.3 is 0 Å². The van der Waals surface area contributed by atoms with Crippen molar-refractivity contribution in [1.29, 1.82) is 0 Å². The second-order valence-corrected chi connectivity index (χ2v) is 2.82. The summed E-state index contributed by atoms with van der Waals surface area (Å²) >= 11 is 0. The third-order valence-corrected chi connectivity index (χ3v) is 1.91. The molecule has 2 heterocycles.